The van der Waals surface area contributed by atoms with E-state index in [-0.39, 0.29) is 6.04 Å². The maximum absolute atomic E-state index is 5.91. The number of hydrogen-bond acceptors (Lipinski definition) is 4. The Morgan fingerprint density at radius 1 is 1.29 bits per heavy atom. The lowest BCUT2D eigenvalue weighted by Crippen LogP contribution is -2.05. The van der Waals surface area contributed by atoms with Crippen LogP contribution in [-0.4, -0.2) is 12.1 Å². The van der Waals surface area contributed by atoms with Gasteiger partial charge in [0.25, 0.3) is 0 Å². The monoisotopic (exact) mass is 302 g/mol. The van der Waals surface area contributed by atoms with Crippen LogP contribution in [0.15, 0.2) is 47.0 Å². The Morgan fingerprint density at radius 2 is 2.14 bits per heavy atom. The number of ether oxygens (including phenoxy) is 1. The SMILES string of the molecule is COc1cccc2cc(C(C)Nc3ccc(Cl)nc3)oc12. The van der Waals surface area contributed by atoms with E-state index >= 15 is 0 Å². The van der Waals surface area contributed by atoms with E-state index in [2.05, 4.69) is 10.3 Å². The smallest absolute Gasteiger partial charge is 0.176 e. The van der Waals surface area contributed by atoms with Crippen LogP contribution in [0.2, 0.25) is 5.15 Å². The van der Waals surface area contributed by atoms with Gasteiger partial charge in [0.1, 0.15) is 10.9 Å². The van der Waals surface area contributed by atoms with Gasteiger partial charge >= 0.3 is 0 Å². The van der Waals surface area contributed by atoms with Gasteiger partial charge in [-0.1, -0.05) is 23.7 Å². The minimum absolute atomic E-state index is 0.00471. The molecule has 1 atom stereocenters. The van der Waals surface area contributed by atoms with Gasteiger partial charge in [0.05, 0.1) is 25.0 Å². The first-order chi connectivity index (χ1) is 10.2. The number of para-hydroxylation sites is 1. The first-order valence-corrected chi connectivity index (χ1v) is 6.99. The summed E-state index contributed by atoms with van der Waals surface area (Å²) >= 11 is 5.78. The van der Waals surface area contributed by atoms with Crippen molar-refractivity contribution in [2.75, 3.05) is 12.4 Å². The lowest BCUT2D eigenvalue weighted by molar-refractivity contribution is 0.406. The standard InChI is InChI=1S/C16H15ClN2O2/c1-10(19-12-6-7-15(17)18-9-12)14-8-11-4-3-5-13(20-2)16(11)21-14/h3-10,19H,1-2H3. The average molecular weight is 303 g/mol. The van der Waals surface area contributed by atoms with Crippen LogP contribution in [0.3, 0.4) is 0 Å². The molecule has 0 radical (unpaired) electrons. The molecule has 0 saturated carbocycles. The van der Waals surface area contributed by atoms with Crippen molar-refractivity contribution < 1.29 is 9.15 Å². The van der Waals surface area contributed by atoms with E-state index in [0.717, 1.165) is 28.2 Å². The highest BCUT2D eigenvalue weighted by Crippen LogP contribution is 2.31. The number of fused-ring (bicyclic) bond motifs is 1. The molecule has 1 N–H and O–H groups in total. The highest BCUT2D eigenvalue weighted by atomic mass is 35.5. The minimum Gasteiger partial charge on any atom is -0.493 e. The highest BCUT2D eigenvalue weighted by Gasteiger charge is 2.14. The Morgan fingerprint density at radius 3 is 2.86 bits per heavy atom. The van der Waals surface area contributed by atoms with Crippen molar-refractivity contribution in [2.24, 2.45) is 0 Å². The third-order valence-electron chi connectivity index (χ3n) is 3.28. The molecule has 2 heterocycles. The number of hydrogen-bond donors (Lipinski definition) is 1. The number of benzene rings is 1. The van der Waals surface area contributed by atoms with Gasteiger partial charge in [0.15, 0.2) is 11.3 Å². The van der Waals surface area contributed by atoms with E-state index in [9.17, 15) is 0 Å². The molecule has 1 unspecified atom stereocenters. The third kappa shape index (κ3) is 2.81. The summed E-state index contributed by atoms with van der Waals surface area (Å²) in [4.78, 5) is 4.05. The van der Waals surface area contributed by atoms with Crippen molar-refractivity contribution in [3.63, 3.8) is 0 Å². The zero-order valence-electron chi connectivity index (χ0n) is 11.8. The normalized spacial score (nSPS) is 12.3. The zero-order valence-corrected chi connectivity index (χ0v) is 12.5. The van der Waals surface area contributed by atoms with Crippen molar-refractivity contribution in [1.82, 2.24) is 4.98 Å². The fraction of sp³-hybridized carbons (Fsp3) is 0.188. The molecule has 5 heteroatoms. The highest BCUT2D eigenvalue weighted by molar-refractivity contribution is 6.29. The van der Waals surface area contributed by atoms with Gasteiger partial charge in [-0.05, 0) is 31.2 Å². The van der Waals surface area contributed by atoms with E-state index in [1.807, 2.05) is 37.3 Å². The molecule has 108 valence electrons. The minimum atomic E-state index is 0.00471. The molecular formula is C16H15ClN2O2. The van der Waals surface area contributed by atoms with Crippen LogP contribution in [0, 0.1) is 0 Å². The molecule has 0 aliphatic carbocycles. The lowest BCUT2D eigenvalue weighted by Gasteiger charge is -2.12. The first kappa shape index (κ1) is 13.8. The zero-order chi connectivity index (χ0) is 14.8. The Bertz CT molecular complexity index is 753. The van der Waals surface area contributed by atoms with Crippen molar-refractivity contribution in [2.45, 2.75) is 13.0 Å². The van der Waals surface area contributed by atoms with Crippen molar-refractivity contribution in [3.05, 3.63) is 53.5 Å². The van der Waals surface area contributed by atoms with Crippen LogP contribution in [0.25, 0.3) is 11.0 Å². The first-order valence-electron chi connectivity index (χ1n) is 6.62. The number of nitrogens with one attached hydrogen (secondary N) is 1. The van der Waals surface area contributed by atoms with E-state index in [1.165, 1.54) is 0 Å². The molecule has 1 aromatic carbocycles. The number of furan rings is 1. The summed E-state index contributed by atoms with van der Waals surface area (Å²) in [6, 6.07) is 11.5. The summed E-state index contributed by atoms with van der Waals surface area (Å²) in [5, 5.41) is 4.82. The summed E-state index contributed by atoms with van der Waals surface area (Å²) in [6.45, 7) is 2.03. The van der Waals surface area contributed by atoms with E-state index < -0.39 is 0 Å². The van der Waals surface area contributed by atoms with Crippen LogP contribution in [0.1, 0.15) is 18.7 Å². The maximum atomic E-state index is 5.91. The third-order valence-corrected chi connectivity index (χ3v) is 3.51. The number of methoxy groups -OCH3 is 1. The van der Waals surface area contributed by atoms with E-state index in [0.29, 0.717) is 5.15 Å². The van der Waals surface area contributed by atoms with Gasteiger partial charge < -0.3 is 14.5 Å². The van der Waals surface area contributed by atoms with Crippen molar-refractivity contribution >= 4 is 28.3 Å². The summed E-state index contributed by atoms with van der Waals surface area (Å²) in [6.07, 6.45) is 1.70. The fourth-order valence-corrected chi connectivity index (χ4v) is 2.32. The second-order valence-electron chi connectivity index (χ2n) is 4.76. The largest absolute Gasteiger partial charge is 0.493 e. The molecule has 3 rings (SSSR count). The number of aromatic nitrogens is 1. The summed E-state index contributed by atoms with van der Waals surface area (Å²) < 4.78 is 11.2. The van der Waals surface area contributed by atoms with Gasteiger partial charge in [0, 0.05) is 5.39 Å². The van der Waals surface area contributed by atoms with Crippen LogP contribution in [0.5, 0.6) is 5.75 Å². The Kier molecular flexibility index (Phi) is 3.71. The number of nitrogens with zero attached hydrogens (tertiary/aromatic N) is 1. The average Bonchev–Trinajstić information content (AvgIpc) is 2.93. The Labute approximate surface area is 127 Å². The Balaban J connectivity index is 1.87. The van der Waals surface area contributed by atoms with Crippen molar-refractivity contribution in [3.8, 4) is 5.75 Å². The van der Waals surface area contributed by atoms with Crippen LogP contribution < -0.4 is 10.1 Å². The Hall–Kier alpha value is -2.20. The molecule has 2 aromatic heterocycles. The van der Waals surface area contributed by atoms with E-state index in [4.69, 9.17) is 20.8 Å². The maximum Gasteiger partial charge on any atom is 0.176 e. The molecule has 0 aliphatic rings. The van der Waals surface area contributed by atoms with Gasteiger partial charge in [-0.3, -0.25) is 0 Å². The quantitative estimate of drug-likeness (QED) is 0.712. The van der Waals surface area contributed by atoms with Crippen LogP contribution in [-0.2, 0) is 0 Å². The second kappa shape index (κ2) is 5.66. The molecule has 0 aliphatic heterocycles. The number of halogens is 1. The van der Waals surface area contributed by atoms with Crippen molar-refractivity contribution in [1.29, 1.82) is 0 Å². The predicted octanol–water partition coefficient (Wildman–Crippen LogP) is 4.66. The second-order valence-corrected chi connectivity index (χ2v) is 5.15. The van der Waals surface area contributed by atoms with Gasteiger partial charge in [-0.15, -0.1) is 0 Å². The lowest BCUT2D eigenvalue weighted by atomic mass is 10.2. The summed E-state index contributed by atoms with van der Waals surface area (Å²) in [5.74, 6) is 1.57. The molecule has 4 nitrogen and oxygen atoms in total. The molecule has 0 bridgehead atoms. The predicted molar refractivity (Wildman–Crippen MR) is 84.1 cm³/mol. The molecular weight excluding hydrogens is 288 g/mol. The topological polar surface area (TPSA) is 47.3 Å². The number of rotatable bonds is 4. The van der Waals surface area contributed by atoms with Crippen LogP contribution >= 0.6 is 11.6 Å². The molecule has 0 spiro atoms. The summed E-state index contributed by atoms with van der Waals surface area (Å²) in [7, 11) is 1.64. The molecule has 3 aromatic rings. The number of pyridine rings is 1. The summed E-state index contributed by atoms with van der Waals surface area (Å²) in [5.41, 5.74) is 1.65. The van der Waals surface area contributed by atoms with Gasteiger partial charge in [-0.2, -0.15) is 0 Å². The molecule has 21 heavy (non-hydrogen) atoms. The van der Waals surface area contributed by atoms with Gasteiger partial charge in [0.2, 0.25) is 0 Å². The number of anilines is 1. The molecule has 0 saturated heterocycles. The van der Waals surface area contributed by atoms with Gasteiger partial charge in [-0.25, -0.2) is 4.98 Å². The van der Waals surface area contributed by atoms with E-state index in [1.54, 1.807) is 19.4 Å². The molecule has 0 fully saturated rings. The van der Waals surface area contributed by atoms with Crippen LogP contribution in [0.4, 0.5) is 5.69 Å². The fourth-order valence-electron chi connectivity index (χ4n) is 2.21. The molecule has 0 amide bonds.